The second-order valence-corrected chi connectivity index (χ2v) is 8.25. The van der Waals surface area contributed by atoms with E-state index in [9.17, 15) is 0 Å². The normalized spacial score (nSPS) is 10.6. The zero-order valence-electron chi connectivity index (χ0n) is 19.2. The Balaban J connectivity index is 1.48. The molecule has 0 aliphatic carbocycles. The highest BCUT2D eigenvalue weighted by atomic mass is 15.1. The predicted molar refractivity (Wildman–Crippen MR) is 145 cm³/mol. The molecule has 2 N–H and O–H groups in total. The maximum Gasteiger partial charge on any atom is 0.0463 e. The van der Waals surface area contributed by atoms with Crippen molar-refractivity contribution in [3.8, 4) is 11.1 Å². The second-order valence-electron chi connectivity index (χ2n) is 8.25. The molecule has 5 aromatic rings. The largest absolute Gasteiger partial charge is 0.399 e. The Morgan fingerprint density at radius 1 is 0.412 bits per heavy atom. The van der Waals surface area contributed by atoms with Gasteiger partial charge in [-0.1, -0.05) is 60.7 Å². The first kappa shape index (κ1) is 21.4. The average molecular weight is 442 g/mol. The fourth-order valence-electron chi connectivity index (χ4n) is 4.13. The minimum Gasteiger partial charge on any atom is -0.399 e. The van der Waals surface area contributed by atoms with Gasteiger partial charge in [-0.3, -0.25) is 0 Å². The van der Waals surface area contributed by atoms with Crippen LogP contribution >= 0.6 is 0 Å². The highest BCUT2D eigenvalue weighted by Gasteiger charge is 2.13. The van der Waals surface area contributed by atoms with Crippen molar-refractivity contribution < 1.29 is 0 Å². The molecule has 0 spiro atoms. The highest BCUT2D eigenvalue weighted by molar-refractivity contribution is 5.79. The zero-order chi connectivity index (χ0) is 23.3. The van der Waals surface area contributed by atoms with Crippen LogP contribution in [0.15, 0.2) is 133 Å². The molecule has 0 unspecified atom stereocenters. The molecule has 0 radical (unpaired) electrons. The highest BCUT2D eigenvalue weighted by Crippen LogP contribution is 2.36. The monoisotopic (exact) mass is 441 g/mol. The molecule has 0 saturated heterocycles. The summed E-state index contributed by atoms with van der Waals surface area (Å²) < 4.78 is 0. The summed E-state index contributed by atoms with van der Waals surface area (Å²) in [5.41, 5.74) is 14.6. The lowest BCUT2D eigenvalue weighted by Crippen LogP contribution is -2.12. The molecule has 0 bridgehead atoms. The molecule has 0 aliphatic rings. The Bertz CT molecular complexity index is 1330. The van der Waals surface area contributed by atoms with Crippen LogP contribution in [0.4, 0.5) is 34.1 Å². The molecule has 0 heterocycles. The Labute approximate surface area is 201 Å². The molecular weight excluding hydrogens is 414 g/mol. The third-order valence-corrected chi connectivity index (χ3v) is 6.02. The van der Waals surface area contributed by atoms with Gasteiger partial charge in [0, 0.05) is 41.2 Å². The van der Waals surface area contributed by atoms with Crippen molar-refractivity contribution in [2.24, 2.45) is 0 Å². The maximum atomic E-state index is 5.85. The third kappa shape index (κ3) is 4.50. The first-order valence-corrected chi connectivity index (χ1v) is 11.4. The van der Waals surface area contributed by atoms with Gasteiger partial charge in [0.15, 0.2) is 0 Å². The van der Waals surface area contributed by atoms with Gasteiger partial charge in [0.05, 0.1) is 0 Å². The summed E-state index contributed by atoms with van der Waals surface area (Å²) in [5.74, 6) is 0. The number of nitrogen functional groups attached to an aromatic ring is 1. The zero-order valence-corrected chi connectivity index (χ0v) is 19.2. The molecule has 0 amide bonds. The van der Waals surface area contributed by atoms with E-state index >= 15 is 0 Å². The van der Waals surface area contributed by atoms with E-state index in [0.29, 0.717) is 0 Å². The van der Waals surface area contributed by atoms with Crippen molar-refractivity contribution in [3.63, 3.8) is 0 Å². The first-order chi connectivity index (χ1) is 16.7. The number of anilines is 6. The van der Waals surface area contributed by atoms with Gasteiger partial charge in [0.2, 0.25) is 0 Å². The molecule has 0 fully saturated rings. The first-order valence-electron chi connectivity index (χ1n) is 11.4. The summed E-state index contributed by atoms with van der Waals surface area (Å²) in [6, 6.07) is 46.2. The second kappa shape index (κ2) is 9.55. The Morgan fingerprint density at radius 2 is 0.794 bits per heavy atom. The van der Waals surface area contributed by atoms with Crippen LogP contribution in [0.5, 0.6) is 0 Å². The molecule has 5 aromatic carbocycles. The topological polar surface area (TPSA) is 32.5 Å². The maximum absolute atomic E-state index is 5.85. The summed E-state index contributed by atoms with van der Waals surface area (Å²) in [7, 11) is 2.07. The van der Waals surface area contributed by atoms with E-state index in [4.69, 9.17) is 5.73 Å². The van der Waals surface area contributed by atoms with Crippen molar-refractivity contribution in [2.75, 3.05) is 22.6 Å². The minimum atomic E-state index is 0.768. The average Bonchev–Trinajstić information content (AvgIpc) is 2.91. The summed E-state index contributed by atoms with van der Waals surface area (Å²) in [4.78, 5) is 4.44. The van der Waals surface area contributed by atoms with E-state index in [1.807, 2.05) is 36.4 Å². The summed E-state index contributed by atoms with van der Waals surface area (Å²) in [6.45, 7) is 0. The Hall–Kier alpha value is -4.50. The lowest BCUT2D eigenvalue weighted by Gasteiger charge is -2.27. The quantitative estimate of drug-likeness (QED) is 0.270. The lowest BCUT2D eigenvalue weighted by atomic mass is 10.0. The van der Waals surface area contributed by atoms with Crippen molar-refractivity contribution in [2.45, 2.75) is 0 Å². The number of hydrogen-bond donors (Lipinski definition) is 1. The van der Waals surface area contributed by atoms with Crippen LogP contribution in [-0.2, 0) is 0 Å². The number of para-hydroxylation sites is 1. The Morgan fingerprint density at radius 3 is 1.35 bits per heavy atom. The van der Waals surface area contributed by atoms with Crippen molar-refractivity contribution in [1.82, 2.24) is 0 Å². The Kier molecular flexibility index (Phi) is 6.00. The smallest absolute Gasteiger partial charge is 0.0463 e. The van der Waals surface area contributed by atoms with E-state index < -0.39 is 0 Å². The van der Waals surface area contributed by atoms with Gasteiger partial charge >= 0.3 is 0 Å². The van der Waals surface area contributed by atoms with E-state index in [0.717, 1.165) is 34.1 Å². The number of benzene rings is 5. The van der Waals surface area contributed by atoms with E-state index in [1.165, 1.54) is 11.1 Å². The fourth-order valence-corrected chi connectivity index (χ4v) is 4.13. The van der Waals surface area contributed by atoms with Crippen LogP contribution in [0.3, 0.4) is 0 Å². The van der Waals surface area contributed by atoms with E-state index in [-0.39, 0.29) is 0 Å². The van der Waals surface area contributed by atoms with E-state index in [1.54, 1.807) is 0 Å². The van der Waals surface area contributed by atoms with Crippen LogP contribution in [-0.4, -0.2) is 7.05 Å². The van der Waals surface area contributed by atoms with Gasteiger partial charge in [0.25, 0.3) is 0 Å². The van der Waals surface area contributed by atoms with Gasteiger partial charge in [-0.05, 0) is 83.9 Å². The van der Waals surface area contributed by atoms with Crippen LogP contribution in [0.25, 0.3) is 11.1 Å². The van der Waals surface area contributed by atoms with Gasteiger partial charge in [-0.15, -0.1) is 0 Å². The number of nitrogens with two attached hydrogens (primary N) is 1. The molecule has 3 heteroatoms. The standard InChI is InChI=1S/C31H27N3/c1-33(27-18-14-26(32)15-19-27)28-20-22-31(23-21-28)34(29-10-6-3-7-11-29)30-16-12-25(13-17-30)24-8-4-2-5-9-24/h2-23H,32H2,1H3. The molecule has 3 nitrogen and oxygen atoms in total. The van der Waals surface area contributed by atoms with E-state index in [2.05, 4.69) is 114 Å². The molecular formula is C31H27N3. The third-order valence-electron chi connectivity index (χ3n) is 6.02. The molecule has 166 valence electrons. The van der Waals surface area contributed by atoms with Gasteiger partial charge in [-0.2, -0.15) is 0 Å². The van der Waals surface area contributed by atoms with Crippen molar-refractivity contribution in [1.29, 1.82) is 0 Å². The van der Waals surface area contributed by atoms with Gasteiger partial charge in [0.1, 0.15) is 0 Å². The summed E-state index contributed by atoms with van der Waals surface area (Å²) in [6.07, 6.45) is 0. The van der Waals surface area contributed by atoms with Crippen molar-refractivity contribution >= 4 is 34.1 Å². The predicted octanol–water partition coefficient (Wildman–Crippen LogP) is 8.17. The number of hydrogen-bond acceptors (Lipinski definition) is 3. The van der Waals surface area contributed by atoms with Crippen LogP contribution < -0.4 is 15.5 Å². The fraction of sp³-hybridized carbons (Fsp3) is 0.0323. The van der Waals surface area contributed by atoms with Gasteiger partial charge in [-0.25, -0.2) is 0 Å². The minimum absolute atomic E-state index is 0.768. The molecule has 0 atom stereocenters. The summed E-state index contributed by atoms with van der Waals surface area (Å²) in [5, 5.41) is 0. The van der Waals surface area contributed by atoms with Crippen LogP contribution in [0, 0.1) is 0 Å². The molecule has 0 saturated carbocycles. The van der Waals surface area contributed by atoms with Crippen molar-refractivity contribution in [3.05, 3.63) is 133 Å². The molecule has 0 aromatic heterocycles. The summed E-state index contributed by atoms with van der Waals surface area (Å²) >= 11 is 0. The molecule has 5 rings (SSSR count). The molecule has 34 heavy (non-hydrogen) atoms. The van der Waals surface area contributed by atoms with Crippen LogP contribution in [0.1, 0.15) is 0 Å². The number of nitrogens with zero attached hydrogens (tertiary/aromatic N) is 2. The SMILES string of the molecule is CN(c1ccc(N)cc1)c1ccc(N(c2ccccc2)c2ccc(-c3ccccc3)cc2)cc1. The molecule has 0 aliphatic heterocycles. The lowest BCUT2D eigenvalue weighted by molar-refractivity contribution is 1.20. The van der Waals surface area contributed by atoms with Crippen LogP contribution in [0.2, 0.25) is 0 Å². The van der Waals surface area contributed by atoms with Gasteiger partial charge < -0.3 is 15.5 Å². The number of rotatable bonds is 6.